The van der Waals surface area contributed by atoms with Gasteiger partial charge < -0.3 is 9.30 Å². The Morgan fingerprint density at radius 3 is 2.50 bits per heavy atom. The fourth-order valence-corrected chi connectivity index (χ4v) is 3.27. The summed E-state index contributed by atoms with van der Waals surface area (Å²) >= 11 is 3.46. The molecule has 1 aromatic heterocycles. The molecule has 0 spiro atoms. The van der Waals surface area contributed by atoms with E-state index in [2.05, 4.69) is 45.4 Å². The summed E-state index contributed by atoms with van der Waals surface area (Å²) in [5, 5.41) is 0. The maximum absolute atomic E-state index is 11.6. The van der Waals surface area contributed by atoms with E-state index in [0.29, 0.717) is 5.56 Å². The van der Waals surface area contributed by atoms with Gasteiger partial charge in [0.1, 0.15) is 0 Å². The molecular weight excluding hydrogens is 392 g/mol. The van der Waals surface area contributed by atoms with Gasteiger partial charge in [-0.2, -0.15) is 0 Å². The van der Waals surface area contributed by atoms with Crippen molar-refractivity contribution >= 4 is 33.8 Å². The summed E-state index contributed by atoms with van der Waals surface area (Å²) in [4.78, 5) is 16.2. The zero-order chi connectivity index (χ0) is 18.7. The maximum atomic E-state index is 11.6. The number of carbonyl (C=O) groups excluding carboxylic acids is 1. The van der Waals surface area contributed by atoms with Crippen LogP contribution in [0.1, 0.15) is 27.3 Å². The number of methoxy groups -OCH3 is 1. The smallest absolute Gasteiger partial charge is 0.337 e. The van der Waals surface area contributed by atoms with Crippen molar-refractivity contribution in [3.8, 4) is 5.69 Å². The van der Waals surface area contributed by atoms with Crippen LogP contribution in [0.3, 0.4) is 0 Å². The molecule has 0 saturated heterocycles. The molecule has 0 aliphatic heterocycles. The summed E-state index contributed by atoms with van der Waals surface area (Å²) in [5.74, 6) is -0.334. The molecule has 0 N–H and O–H groups in total. The van der Waals surface area contributed by atoms with E-state index in [-0.39, 0.29) is 5.97 Å². The van der Waals surface area contributed by atoms with Crippen LogP contribution in [0, 0.1) is 13.8 Å². The summed E-state index contributed by atoms with van der Waals surface area (Å²) in [6.45, 7) is 4.11. The molecular formula is C21H19BrN2O2. The van der Waals surface area contributed by atoms with Crippen molar-refractivity contribution in [1.29, 1.82) is 0 Å². The van der Waals surface area contributed by atoms with Crippen molar-refractivity contribution < 1.29 is 9.53 Å². The van der Waals surface area contributed by atoms with E-state index in [1.54, 1.807) is 12.1 Å². The number of aryl methyl sites for hydroxylation is 1. The number of carbonyl (C=O) groups is 1. The van der Waals surface area contributed by atoms with Gasteiger partial charge in [-0.05, 0) is 62.4 Å². The Kier molecular flexibility index (Phi) is 5.38. The molecule has 3 aromatic rings. The van der Waals surface area contributed by atoms with Crippen molar-refractivity contribution in [1.82, 2.24) is 4.57 Å². The predicted molar refractivity (Wildman–Crippen MR) is 108 cm³/mol. The quantitative estimate of drug-likeness (QED) is 0.427. The van der Waals surface area contributed by atoms with Crippen LogP contribution in [0.5, 0.6) is 0 Å². The van der Waals surface area contributed by atoms with Gasteiger partial charge in [0.15, 0.2) is 0 Å². The summed E-state index contributed by atoms with van der Waals surface area (Å²) in [6, 6.07) is 17.4. The number of esters is 1. The first-order chi connectivity index (χ1) is 12.5. The van der Waals surface area contributed by atoms with Gasteiger partial charge in [0.2, 0.25) is 0 Å². The van der Waals surface area contributed by atoms with Crippen LogP contribution in [0.4, 0.5) is 5.69 Å². The molecule has 0 saturated carbocycles. The second-order valence-electron chi connectivity index (χ2n) is 5.94. The van der Waals surface area contributed by atoms with Gasteiger partial charge in [-0.1, -0.05) is 22.0 Å². The van der Waals surface area contributed by atoms with E-state index >= 15 is 0 Å². The number of halogens is 1. The molecule has 3 rings (SSSR count). The second kappa shape index (κ2) is 7.70. The molecule has 0 atom stereocenters. The van der Waals surface area contributed by atoms with Gasteiger partial charge in [-0.25, -0.2) is 4.79 Å². The van der Waals surface area contributed by atoms with Gasteiger partial charge in [0, 0.05) is 33.3 Å². The highest BCUT2D eigenvalue weighted by Crippen LogP contribution is 2.22. The van der Waals surface area contributed by atoms with Gasteiger partial charge in [-0.3, -0.25) is 4.99 Å². The lowest BCUT2D eigenvalue weighted by Gasteiger charge is -2.10. The van der Waals surface area contributed by atoms with Crippen LogP contribution in [0.25, 0.3) is 5.69 Å². The molecule has 1 heterocycles. The van der Waals surface area contributed by atoms with Crippen molar-refractivity contribution in [2.24, 2.45) is 4.99 Å². The molecule has 0 aliphatic rings. The lowest BCUT2D eigenvalue weighted by molar-refractivity contribution is 0.0601. The zero-order valence-electron chi connectivity index (χ0n) is 14.9. The Hall–Kier alpha value is -2.66. The molecule has 0 amide bonds. The molecule has 0 unspecified atom stereocenters. The first-order valence-electron chi connectivity index (χ1n) is 8.17. The summed E-state index contributed by atoms with van der Waals surface area (Å²) in [7, 11) is 1.38. The number of hydrogen-bond donors (Lipinski definition) is 0. The SMILES string of the molecule is COC(=O)c1ccc(-n2c(C)cc(C=Nc3cccc(Br)c3)c2C)cc1. The van der Waals surface area contributed by atoms with Gasteiger partial charge in [0.25, 0.3) is 0 Å². The fourth-order valence-electron chi connectivity index (χ4n) is 2.88. The summed E-state index contributed by atoms with van der Waals surface area (Å²) < 4.78 is 7.89. The highest BCUT2D eigenvalue weighted by Gasteiger charge is 2.11. The van der Waals surface area contributed by atoms with Gasteiger partial charge in [-0.15, -0.1) is 0 Å². The number of nitrogens with zero attached hydrogens (tertiary/aromatic N) is 2. The molecule has 0 radical (unpaired) electrons. The minimum atomic E-state index is -0.334. The van der Waals surface area contributed by atoms with Crippen LogP contribution in [0.2, 0.25) is 0 Å². The average Bonchev–Trinajstić information content (AvgIpc) is 2.93. The van der Waals surface area contributed by atoms with Crippen molar-refractivity contribution in [3.63, 3.8) is 0 Å². The molecule has 0 aliphatic carbocycles. The monoisotopic (exact) mass is 410 g/mol. The number of rotatable bonds is 4. The number of ether oxygens (including phenoxy) is 1. The van der Waals surface area contributed by atoms with Crippen LogP contribution in [-0.2, 0) is 4.74 Å². The topological polar surface area (TPSA) is 43.6 Å². The lowest BCUT2D eigenvalue weighted by atomic mass is 10.2. The highest BCUT2D eigenvalue weighted by atomic mass is 79.9. The number of aliphatic imine (C=N–C) groups is 1. The Labute approximate surface area is 161 Å². The van der Waals surface area contributed by atoms with E-state index in [4.69, 9.17) is 4.74 Å². The molecule has 5 heteroatoms. The van der Waals surface area contributed by atoms with Crippen LogP contribution >= 0.6 is 15.9 Å². The summed E-state index contributed by atoms with van der Waals surface area (Å²) in [6.07, 6.45) is 1.88. The van der Waals surface area contributed by atoms with E-state index < -0.39 is 0 Å². The van der Waals surface area contributed by atoms with Gasteiger partial charge >= 0.3 is 5.97 Å². The zero-order valence-corrected chi connectivity index (χ0v) is 16.4. The second-order valence-corrected chi connectivity index (χ2v) is 6.85. The Morgan fingerprint density at radius 1 is 1.12 bits per heavy atom. The number of benzene rings is 2. The fraction of sp³-hybridized carbons (Fsp3) is 0.143. The van der Waals surface area contributed by atoms with Crippen molar-refractivity contribution in [3.05, 3.63) is 81.6 Å². The minimum Gasteiger partial charge on any atom is -0.465 e. The minimum absolute atomic E-state index is 0.334. The molecule has 4 nitrogen and oxygen atoms in total. The van der Waals surface area contributed by atoms with E-state index in [0.717, 1.165) is 32.8 Å². The number of hydrogen-bond acceptors (Lipinski definition) is 3. The van der Waals surface area contributed by atoms with E-state index in [9.17, 15) is 4.79 Å². The molecule has 2 aromatic carbocycles. The van der Waals surface area contributed by atoms with E-state index in [1.165, 1.54) is 7.11 Å². The van der Waals surface area contributed by atoms with Crippen molar-refractivity contribution in [2.75, 3.05) is 7.11 Å². The maximum Gasteiger partial charge on any atom is 0.337 e. The molecule has 132 valence electrons. The number of aromatic nitrogens is 1. The Morgan fingerprint density at radius 2 is 1.85 bits per heavy atom. The largest absolute Gasteiger partial charge is 0.465 e. The van der Waals surface area contributed by atoms with Crippen molar-refractivity contribution in [2.45, 2.75) is 13.8 Å². The third-order valence-corrected chi connectivity index (χ3v) is 4.67. The Balaban J connectivity index is 1.92. The summed E-state index contributed by atoms with van der Waals surface area (Å²) in [5.41, 5.74) is 5.67. The Bertz CT molecular complexity index is 972. The van der Waals surface area contributed by atoms with Crippen LogP contribution < -0.4 is 0 Å². The van der Waals surface area contributed by atoms with E-state index in [1.807, 2.05) is 42.6 Å². The first kappa shape index (κ1) is 18.1. The van der Waals surface area contributed by atoms with Crippen LogP contribution in [-0.4, -0.2) is 23.9 Å². The third kappa shape index (κ3) is 3.78. The normalized spacial score (nSPS) is 11.1. The van der Waals surface area contributed by atoms with Crippen LogP contribution in [0.15, 0.2) is 64.1 Å². The lowest BCUT2D eigenvalue weighted by Crippen LogP contribution is -2.03. The molecule has 26 heavy (non-hydrogen) atoms. The first-order valence-corrected chi connectivity index (χ1v) is 8.96. The average molecular weight is 411 g/mol. The van der Waals surface area contributed by atoms with Gasteiger partial charge in [0.05, 0.1) is 18.4 Å². The standard InChI is InChI=1S/C21H19BrN2O2/c1-14-11-17(13-23-19-6-4-5-18(22)12-19)15(2)24(14)20-9-7-16(8-10-20)21(25)26-3/h4-13H,1-3H3. The molecule has 0 bridgehead atoms. The molecule has 0 fully saturated rings. The third-order valence-electron chi connectivity index (χ3n) is 4.18. The predicted octanol–water partition coefficient (Wildman–Crippen LogP) is 5.39. The highest BCUT2D eigenvalue weighted by molar-refractivity contribution is 9.10.